The van der Waals surface area contributed by atoms with Crippen molar-refractivity contribution in [1.29, 1.82) is 0 Å². The maximum Gasteiger partial charge on any atom is 0.338 e. The zero-order valence-corrected chi connectivity index (χ0v) is 20.0. The lowest BCUT2D eigenvalue weighted by molar-refractivity contribution is -0.144. The summed E-state index contributed by atoms with van der Waals surface area (Å²) >= 11 is 0. The van der Waals surface area contributed by atoms with E-state index in [4.69, 9.17) is 9.47 Å². The predicted molar refractivity (Wildman–Crippen MR) is 123 cm³/mol. The number of allylic oxidation sites excluding steroid dienone is 2. The van der Waals surface area contributed by atoms with Crippen LogP contribution in [0.3, 0.4) is 0 Å². The molecule has 0 spiro atoms. The maximum atomic E-state index is 12.9. The van der Waals surface area contributed by atoms with E-state index < -0.39 is 0 Å². The molecule has 0 aliphatic heterocycles. The predicted octanol–water partition coefficient (Wildman–Crippen LogP) is 6.79. The number of rotatable bonds is 14. The van der Waals surface area contributed by atoms with Crippen molar-refractivity contribution in [1.82, 2.24) is 0 Å². The van der Waals surface area contributed by atoms with Gasteiger partial charge < -0.3 is 9.47 Å². The molecule has 0 radical (unpaired) electrons. The fourth-order valence-electron chi connectivity index (χ4n) is 3.68. The summed E-state index contributed by atoms with van der Waals surface area (Å²) in [5, 5.41) is 0. The van der Waals surface area contributed by atoms with E-state index in [9.17, 15) is 9.59 Å². The molecule has 0 aromatic rings. The molecule has 4 heteroatoms. The van der Waals surface area contributed by atoms with Gasteiger partial charge in [0.1, 0.15) is 0 Å². The van der Waals surface area contributed by atoms with Gasteiger partial charge >= 0.3 is 11.9 Å². The molecule has 0 heterocycles. The van der Waals surface area contributed by atoms with E-state index in [1.807, 2.05) is 12.2 Å². The third kappa shape index (κ3) is 9.49. The summed E-state index contributed by atoms with van der Waals surface area (Å²) in [6, 6.07) is 0. The Balaban J connectivity index is 2.78. The van der Waals surface area contributed by atoms with Crippen molar-refractivity contribution in [2.75, 3.05) is 13.2 Å². The van der Waals surface area contributed by atoms with Crippen LogP contribution in [0.4, 0.5) is 0 Å². The van der Waals surface area contributed by atoms with Crippen molar-refractivity contribution in [3.63, 3.8) is 0 Å². The summed E-state index contributed by atoms with van der Waals surface area (Å²) in [6.07, 6.45) is 13.9. The number of hydrogen-bond donors (Lipinski definition) is 0. The average Bonchev–Trinajstić information content (AvgIpc) is 2.95. The number of carbonyl (C=O) groups is 2. The first-order valence-corrected chi connectivity index (χ1v) is 12.2. The first-order valence-electron chi connectivity index (χ1n) is 12.2. The molecule has 1 aliphatic carbocycles. The van der Waals surface area contributed by atoms with E-state index in [1.54, 1.807) is 0 Å². The first kappa shape index (κ1) is 26.5. The van der Waals surface area contributed by atoms with E-state index in [1.165, 1.54) is 0 Å². The van der Waals surface area contributed by atoms with Gasteiger partial charge in [0.2, 0.25) is 0 Å². The molecule has 0 N–H and O–H groups in total. The van der Waals surface area contributed by atoms with Crippen LogP contribution in [0.25, 0.3) is 0 Å². The molecule has 2 unspecified atom stereocenters. The van der Waals surface area contributed by atoms with Crippen LogP contribution in [-0.4, -0.2) is 25.2 Å². The molecule has 1 rings (SSSR count). The Bertz CT molecular complexity index is 526. The lowest BCUT2D eigenvalue weighted by Gasteiger charge is -2.18. The quantitative estimate of drug-likeness (QED) is 0.290. The molecular weight excluding hydrogens is 376 g/mol. The van der Waals surface area contributed by atoms with Gasteiger partial charge in [0.15, 0.2) is 0 Å². The molecule has 0 bridgehead atoms. The van der Waals surface area contributed by atoms with E-state index in [0.29, 0.717) is 42.1 Å². The molecule has 0 saturated carbocycles. The minimum Gasteiger partial charge on any atom is -0.462 e. The molecule has 0 aromatic carbocycles. The van der Waals surface area contributed by atoms with Gasteiger partial charge in [0.25, 0.3) is 0 Å². The summed E-state index contributed by atoms with van der Waals surface area (Å²) in [4.78, 5) is 25.7. The maximum absolute atomic E-state index is 12.9. The molecule has 0 fully saturated rings. The SMILES string of the molecule is CCCCC(CC)COC(=O)C1=CCC(C)CC=C1C(=O)OCC(CC)CCCC. The highest BCUT2D eigenvalue weighted by atomic mass is 16.5. The number of esters is 2. The van der Waals surface area contributed by atoms with Gasteiger partial charge in [-0.1, -0.05) is 85.3 Å². The van der Waals surface area contributed by atoms with Crippen LogP contribution in [0, 0.1) is 17.8 Å². The Hall–Kier alpha value is -1.58. The van der Waals surface area contributed by atoms with Gasteiger partial charge in [-0.25, -0.2) is 9.59 Å². The van der Waals surface area contributed by atoms with Crippen LogP contribution in [-0.2, 0) is 19.1 Å². The monoisotopic (exact) mass is 420 g/mol. The van der Waals surface area contributed by atoms with E-state index in [-0.39, 0.29) is 11.9 Å². The standard InChI is InChI=1S/C26H44O4/c1-6-10-12-21(8-3)18-29-25(27)23-16-14-20(5)15-17-24(23)26(28)30-19-22(9-4)13-11-7-2/h16-17,20-22H,6-15,18-19H2,1-5H3. The van der Waals surface area contributed by atoms with E-state index in [0.717, 1.165) is 64.2 Å². The van der Waals surface area contributed by atoms with Crippen molar-refractivity contribution in [2.45, 2.75) is 98.8 Å². The van der Waals surface area contributed by atoms with Crippen molar-refractivity contribution in [3.8, 4) is 0 Å². The Morgan fingerprint density at radius 3 is 1.57 bits per heavy atom. The molecule has 30 heavy (non-hydrogen) atoms. The lowest BCUT2D eigenvalue weighted by Crippen LogP contribution is -2.21. The van der Waals surface area contributed by atoms with Crippen molar-refractivity contribution < 1.29 is 19.1 Å². The number of unbranched alkanes of at least 4 members (excludes halogenated alkanes) is 2. The summed E-state index contributed by atoms with van der Waals surface area (Å²) in [6.45, 7) is 11.6. The Morgan fingerprint density at radius 1 is 0.833 bits per heavy atom. The number of carbonyl (C=O) groups excluding carboxylic acids is 2. The van der Waals surface area contributed by atoms with E-state index in [2.05, 4.69) is 34.6 Å². The summed E-state index contributed by atoms with van der Waals surface area (Å²) in [7, 11) is 0. The highest BCUT2D eigenvalue weighted by Gasteiger charge is 2.26. The highest BCUT2D eigenvalue weighted by Crippen LogP contribution is 2.25. The molecule has 0 aromatic heterocycles. The molecule has 2 atom stereocenters. The van der Waals surface area contributed by atoms with Crippen LogP contribution in [0.5, 0.6) is 0 Å². The van der Waals surface area contributed by atoms with E-state index >= 15 is 0 Å². The minimum absolute atomic E-state index is 0.377. The Kier molecular flexibility index (Phi) is 13.5. The minimum atomic E-state index is -0.389. The number of ether oxygens (including phenoxy) is 2. The average molecular weight is 421 g/mol. The summed E-state index contributed by atoms with van der Waals surface area (Å²) < 4.78 is 11.3. The van der Waals surface area contributed by atoms with Gasteiger partial charge in [0.05, 0.1) is 24.4 Å². The fourth-order valence-corrected chi connectivity index (χ4v) is 3.68. The molecule has 0 saturated heterocycles. The molecule has 172 valence electrons. The van der Waals surface area contributed by atoms with Crippen molar-refractivity contribution >= 4 is 11.9 Å². The molecular formula is C26H44O4. The highest BCUT2D eigenvalue weighted by molar-refractivity contribution is 6.07. The summed E-state index contributed by atoms with van der Waals surface area (Å²) in [5.74, 6) is 0.365. The van der Waals surface area contributed by atoms with Gasteiger partial charge in [-0.2, -0.15) is 0 Å². The van der Waals surface area contributed by atoms with Crippen LogP contribution in [0.1, 0.15) is 98.8 Å². The second-order valence-electron chi connectivity index (χ2n) is 8.84. The smallest absolute Gasteiger partial charge is 0.338 e. The second-order valence-corrected chi connectivity index (χ2v) is 8.84. The first-order chi connectivity index (χ1) is 14.5. The zero-order valence-electron chi connectivity index (χ0n) is 20.0. The van der Waals surface area contributed by atoms with Crippen LogP contribution >= 0.6 is 0 Å². The summed E-state index contributed by atoms with van der Waals surface area (Å²) in [5.41, 5.74) is 0.771. The molecule has 0 amide bonds. The number of hydrogen-bond acceptors (Lipinski definition) is 4. The van der Waals surface area contributed by atoms with Crippen LogP contribution in [0.15, 0.2) is 23.3 Å². The fraction of sp³-hybridized carbons (Fsp3) is 0.769. The Morgan fingerprint density at radius 2 is 1.23 bits per heavy atom. The molecule has 1 aliphatic rings. The van der Waals surface area contributed by atoms with Gasteiger partial charge in [0, 0.05) is 0 Å². The lowest BCUT2D eigenvalue weighted by atomic mass is 10.00. The van der Waals surface area contributed by atoms with Crippen molar-refractivity contribution in [3.05, 3.63) is 23.3 Å². The molecule has 4 nitrogen and oxygen atoms in total. The second kappa shape index (κ2) is 15.3. The Labute approximate surface area is 184 Å². The van der Waals surface area contributed by atoms with Gasteiger partial charge in [-0.05, 0) is 43.4 Å². The van der Waals surface area contributed by atoms with Crippen LogP contribution in [0.2, 0.25) is 0 Å². The normalized spacial score (nSPS) is 18.6. The third-order valence-electron chi connectivity index (χ3n) is 6.17. The third-order valence-corrected chi connectivity index (χ3v) is 6.17. The van der Waals surface area contributed by atoms with Crippen LogP contribution < -0.4 is 0 Å². The topological polar surface area (TPSA) is 52.6 Å². The van der Waals surface area contributed by atoms with Gasteiger partial charge in [-0.15, -0.1) is 0 Å². The van der Waals surface area contributed by atoms with Gasteiger partial charge in [-0.3, -0.25) is 0 Å². The van der Waals surface area contributed by atoms with Crippen molar-refractivity contribution in [2.24, 2.45) is 17.8 Å². The zero-order chi connectivity index (χ0) is 22.4. The largest absolute Gasteiger partial charge is 0.462 e.